The fourth-order valence-electron chi connectivity index (χ4n) is 1.19. The van der Waals surface area contributed by atoms with Crippen LogP contribution in [0.5, 0.6) is 0 Å². The standard InChI is InChI=1S/C10H16N2/c1-3-8-12(2)10-6-4-9(11)5-7-10/h4-7H,3,8,11H2,1-2H3. The lowest BCUT2D eigenvalue weighted by atomic mass is 10.2. The SMILES string of the molecule is CCCN(C)c1ccc(N)cc1. The highest BCUT2D eigenvalue weighted by atomic mass is 15.1. The molecule has 0 aliphatic heterocycles. The van der Waals surface area contributed by atoms with Crippen molar-refractivity contribution in [2.24, 2.45) is 0 Å². The largest absolute Gasteiger partial charge is 0.399 e. The molecule has 1 aromatic carbocycles. The van der Waals surface area contributed by atoms with Crippen LogP contribution in [-0.4, -0.2) is 13.6 Å². The summed E-state index contributed by atoms with van der Waals surface area (Å²) in [6.07, 6.45) is 1.17. The predicted octanol–water partition coefficient (Wildman–Crippen LogP) is 2.12. The molecule has 2 N–H and O–H groups in total. The molecule has 0 amide bonds. The Morgan fingerprint density at radius 1 is 1.25 bits per heavy atom. The summed E-state index contributed by atoms with van der Waals surface area (Å²) in [5.41, 5.74) is 7.63. The molecule has 0 bridgehead atoms. The van der Waals surface area contributed by atoms with E-state index >= 15 is 0 Å². The van der Waals surface area contributed by atoms with Gasteiger partial charge in [0, 0.05) is 25.0 Å². The van der Waals surface area contributed by atoms with E-state index in [9.17, 15) is 0 Å². The van der Waals surface area contributed by atoms with E-state index in [1.165, 1.54) is 12.1 Å². The van der Waals surface area contributed by atoms with Crippen molar-refractivity contribution in [2.75, 3.05) is 24.2 Å². The first-order valence-corrected chi connectivity index (χ1v) is 4.30. The van der Waals surface area contributed by atoms with Crippen molar-refractivity contribution >= 4 is 11.4 Å². The fraction of sp³-hybridized carbons (Fsp3) is 0.400. The molecule has 2 heteroatoms. The predicted molar refractivity (Wildman–Crippen MR) is 54.4 cm³/mol. The van der Waals surface area contributed by atoms with Crippen molar-refractivity contribution in [1.29, 1.82) is 0 Å². The lowest BCUT2D eigenvalue weighted by Gasteiger charge is -2.17. The minimum Gasteiger partial charge on any atom is -0.399 e. The lowest BCUT2D eigenvalue weighted by molar-refractivity contribution is 0.852. The van der Waals surface area contributed by atoms with E-state index in [1.54, 1.807) is 0 Å². The van der Waals surface area contributed by atoms with Crippen LogP contribution in [0.1, 0.15) is 13.3 Å². The zero-order valence-corrected chi connectivity index (χ0v) is 7.75. The van der Waals surface area contributed by atoms with Crippen molar-refractivity contribution in [3.63, 3.8) is 0 Å². The summed E-state index contributed by atoms with van der Waals surface area (Å²) in [6, 6.07) is 7.96. The van der Waals surface area contributed by atoms with Gasteiger partial charge >= 0.3 is 0 Å². The summed E-state index contributed by atoms with van der Waals surface area (Å²) in [5, 5.41) is 0. The Hall–Kier alpha value is -1.18. The van der Waals surface area contributed by atoms with E-state index in [4.69, 9.17) is 5.73 Å². The second kappa shape index (κ2) is 4.00. The average molecular weight is 164 g/mol. The molecule has 0 fully saturated rings. The van der Waals surface area contributed by atoms with Crippen LogP contribution < -0.4 is 10.6 Å². The van der Waals surface area contributed by atoms with Crippen LogP contribution in [0, 0.1) is 0 Å². The van der Waals surface area contributed by atoms with Crippen LogP contribution in [0.25, 0.3) is 0 Å². The molecule has 0 aromatic heterocycles. The molecule has 0 saturated carbocycles. The molecule has 0 aliphatic carbocycles. The smallest absolute Gasteiger partial charge is 0.0365 e. The Balaban J connectivity index is 2.68. The summed E-state index contributed by atoms with van der Waals surface area (Å²) in [4.78, 5) is 2.22. The number of hydrogen-bond acceptors (Lipinski definition) is 2. The van der Waals surface area contributed by atoms with E-state index in [2.05, 4.69) is 18.9 Å². The van der Waals surface area contributed by atoms with Crippen LogP contribution in [0.4, 0.5) is 11.4 Å². The topological polar surface area (TPSA) is 29.3 Å². The highest BCUT2D eigenvalue weighted by Crippen LogP contribution is 2.14. The van der Waals surface area contributed by atoms with Crippen LogP contribution >= 0.6 is 0 Å². The third kappa shape index (κ3) is 2.16. The van der Waals surface area contributed by atoms with E-state index in [1.807, 2.05) is 24.3 Å². The van der Waals surface area contributed by atoms with Crippen molar-refractivity contribution in [3.05, 3.63) is 24.3 Å². The first-order chi connectivity index (χ1) is 5.74. The van der Waals surface area contributed by atoms with Gasteiger partial charge in [0.05, 0.1) is 0 Å². The molecule has 2 nitrogen and oxygen atoms in total. The zero-order valence-electron chi connectivity index (χ0n) is 7.75. The molecule has 1 rings (SSSR count). The summed E-state index contributed by atoms with van der Waals surface area (Å²) >= 11 is 0. The highest BCUT2D eigenvalue weighted by Gasteiger charge is 1.97. The van der Waals surface area contributed by atoms with E-state index < -0.39 is 0 Å². The number of nitrogen functional groups attached to an aromatic ring is 1. The minimum atomic E-state index is 0.823. The monoisotopic (exact) mass is 164 g/mol. The molecular formula is C10H16N2. The number of nitrogens with zero attached hydrogens (tertiary/aromatic N) is 1. The van der Waals surface area contributed by atoms with Gasteiger partial charge in [0.15, 0.2) is 0 Å². The van der Waals surface area contributed by atoms with Gasteiger partial charge < -0.3 is 10.6 Å². The molecule has 0 unspecified atom stereocenters. The second-order valence-corrected chi connectivity index (χ2v) is 3.01. The van der Waals surface area contributed by atoms with Gasteiger partial charge in [-0.3, -0.25) is 0 Å². The Morgan fingerprint density at radius 2 is 1.83 bits per heavy atom. The van der Waals surface area contributed by atoms with E-state index in [0.29, 0.717) is 0 Å². The minimum absolute atomic E-state index is 0.823. The van der Waals surface area contributed by atoms with Gasteiger partial charge in [0.2, 0.25) is 0 Å². The third-order valence-electron chi connectivity index (χ3n) is 1.89. The van der Waals surface area contributed by atoms with Crippen molar-refractivity contribution in [3.8, 4) is 0 Å². The molecule has 0 radical (unpaired) electrons. The molecule has 0 spiro atoms. The number of benzene rings is 1. The second-order valence-electron chi connectivity index (χ2n) is 3.01. The van der Waals surface area contributed by atoms with Gasteiger partial charge in [0.1, 0.15) is 0 Å². The Morgan fingerprint density at radius 3 is 2.33 bits per heavy atom. The fourth-order valence-corrected chi connectivity index (χ4v) is 1.19. The Labute approximate surface area is 74.0 Å². The van der Waals surface area contributed by atoms with Gasteiger partial charge in [-0.05, 0) is 30.7 Å². The molecule has 12 heavy (non-hydrogen) atoms. The summed E-state index contributed by atoms with van der Waals surface area (Å²) in [5.74, 6) is 0. The van der Waals surface area contributed by atoms with Crippen molar-refractivity contribution in [1.82, 2.24) is 0 Å². The first kappa shape index (κ1) is 8.91. The maximum atomic E-state index is 5.58. The van der Waals surface area contributed by atoms with Gasteiger partial charge in [-0.2, -0.15) is 0 Å². The zero-order chi connectivity index (χ0) is 8.97. The van der Waals surface area contributed by atoms with Crippen LogP contribution in [0.3, 0.4) is 0 Å². The molecule has 1 aromatic rings. The molecule has 0 aliphatic rings. The first-order valence-electron chi connectivity index (χ1n) is 4.30. The summed E-state index contributed by atoms with van der Waals surface area (Å²) in [6.45, 7) is 3.26. The van der Waals surface area contributed by atoms with Crippen molar-refractivity contribution < 1.29 is 0 Å². The highest BCUT2D eigenvalue weighted by molar-refractivity contribution is 5.52. The molecular weight excluding hydrogens is 148 g/mol. The van der Waals surface area contributed by atoms with E-state index in [-0.39, 0.29) is 0 Å². The number of anilines is 2. The molecule has 0 heterocycles. The summed E-state index contributed by atoms with van der Waals surface area (Å²) < 4.78 is 0. The van der Waals surface area contributed by atoms with Crippen LogP contribution in [0.2, 0.25) is 0 Å². The van der Waals surface area contributed by atoms with Gasteiger partial charge in [-0.15, -0.1) is 0 Å². The Kier molecular flexibility index (Phi) is 2.97. The maximum Gasteiger partial charge on any atom is 0.0365 e. The number of hydrogen-bond donors (Lipinski definition) is 1. The maximum absolute atomic E-state index is 5.58. The quantitative estimate of drug-likeness (QED) is 0.693. The van der Waals surface area contributed by atoms with Crippen molar-refractivity contribution in [2.45, 2.75) is 13.3 Å². The lowest BCUT2D eigenvalue weighted by Crippen LogP contribution is -2.17. The van der Waals surface area contributed by atoms with Gasteiger partial charge in [-0.25, -0.2) is 0 Å². The van der Waals surface area contributed by atoms with Crippen LogP contribution in [0.15, 0.2) is 24.3 Å². The van der Waals surface area contributed by atoms with Gasteiger partial charge in [-0.1, -0.05) is 6.92 Å². The average Bonchev–Trinajstić information content (AvgIpc) is 2.06. The third-order valence-corrected chi connectivity index (χ3v) is 1.89. The van der Waals surface area contributed by atoms with Gasteiger partial charge in [0.25, 0.3) is 0 Å². The molecule has 66 valence electrons. The van der Waals surface area contributed by atoms with Crippen LogP contribution in [-0.2, 0) is 0 Å². The Bertz CT molecular complexity index is 228. The molecule has 0 saturated heterocycles. The number of nitrogens with two attached hydrogens (primary N) is 1. The normalized spacial score (nSPS) is 9.83. The summed E-state index contributed by atoms with van der Waals surface area (Å²) in [7, 11) is 2.09. The van der Waals surface area contributed by atoms with E-state index in [0.717, 1.165) is 12.2 Å². The molecule has 0 atom stereocenters. The number of rotatable bonds is 3.